The average molecular weight is 276 g/mol. The molecule has 0 aliphatic heterocycles. The van der Waals surface area contributed by atoms with Crippen molar-refractivity contribution in [2.24, 2.45) is 0 Å². The Balaban J connectivity index is 1.89. The van der Waals surface area contributed by atoms with Gasteiger partial charge in [0.15, 0.2) is 5.82 Å². The molecule has 0 aliphatic rings. The lowest BCUT2D eigenvalue weighted by Crippen LogP contribution is -2.12. The molecule has 110 valence electrons. The van der Waals surface area contributed by atoms with Crippen LogP contribution in [0.3, 0.4) is 0 Å². The Hall–Kier alpha value is -1.72. The largest absolute Gasteiger partial charge is 0.334 e. The van der Waals surface area contributed by atoms with Gasteiger partial charge < -0.3 is 4.57 Å². The summed E-state index contributed by atoms with van der Waals surface area (Å²) in [6, 6.07) is 0.703. The molecule has 0 spiro atoms. The van der Waals surface area contributed by atoms with Gasteiger partial charge in [0.05, 0.1) is 18.1 Å². The molecule has 2 rings (SSSR count). The van der Waals surface area contributed by atoms with Crippen molar-refractivity contribution in [1.29, 1.82) is 0 Å². The van der Waals surface area contributed by atoms with E-state index in [0.717, 1.165) is 24.4 Å². The van der Waals surface area contributed by atoms with E-state index in [9.17, 15) is 0 Å². The number of imidazole rings is 1. The van der Waals surface area contributed by atoms with E-state index in [0.29, 0.717) is 12.0 Å². The first-order chi connectivity index (χ1) is 9.47. The Kier molecular flexibility index (Phi) is 4.52. The minimum Gasteiger partial charge on any atom is -0.334 e. The van der Waals surface area contributed by atoms with Crippen molar-refractivity contribution in [2.45, 2.75) is 65.5 Å². The third-order valence-corrected chi connectivity index (χ3v) is 3.65. The lowest BCUT2D eigenvalue weighted by Gasteiger charge is -2.15. The number of aryl methyl sites for hydroxylation is 1. The average Bonchev–Trinajstić information content (AvgIpc) is 3.04. The van der Waals surface area contributed by atoms with Crippen molar-refractivity contribution < 1.29 is 0 Å². The molecule has 2 atom stereocenters. The molecule has 0 fully saturated rings. The Morgan fingerprint density at radius 2 is 1.80 bits per heavy atom. The standard InChI is InChI=1S/C14H24N6/c1-10(2)14-8-19(9-15-14)11(3)6-7-12(4)20-17-13(5)16-18-20/h8-12H,6-7H2,1-5H3. The zero-order chi connectivity index (χ0) is 14.7. The van der Waals surface area contributed by atoms with E-state index in [4.69, 9.17) is 0 Å². The molecule has 2 aromatic heterocycles. The highest BCUT2D eigenvalue weighted by atomic mass is 15.6. The quantitative estimate of drug-likeness (QED) is 0.814. The Labute approximate surface area is 120 Å². The minimum atomic E-state index is 0.270. The number of rotatable bonds is 6. The second-order valence-corrected chi connectivity index (χ2v) is 5.83. The maximum absolute atomic E-state index is 4.45. The lowest BCUT2D eigenvalue weighted by molar-refractivity contribution is 0.359. The molecule has 2 unspecified atom stereocenters. The fraction of sp³-hybridized carbons (Fsp3) is 0.714. The molecule has 0 N–H and O–H groups in total. The van der Waals surface area contributed by atoms with Crippen molar-refractivity contribution in [3.63, 3.8) is 0 Å². The number of tetrazole rings is 1. The highest BCUT2D eigenvalue weighted by Crippen LogP contribution is 2.21. The third-order valence-electron chi connectivity index (χ3n) is 3.65. The summed E-state index contributed by atoms with van der Waals surface area (Å²) in [5, 5.41) is 12.2. The van der Waals surface area contributed by atoms with E-state index in [1.54, 1.807) is 4.80 Å². The molecule has 2 heterocycles. The van der Waals surface area contributed by atoms with Crippen LogP contribution in [-0.2, 0) is 0 Å². The van der Waals surface area contributed by atoms with E-state index in [1.807, 2.05) is 13.3 Å². The molecule has 6 heteroatoms. The van der Waals surface area contributed by atoms with Gasteiger partial charge in [0, 0.05) is 12.2 Å². The number of hydrogen-bond donors (Lipinski definition) is 0. The van der Waals surface area contributed by atoms with Crippen LogP contribution in [0.4, 0.5) is 0 Å². The van der Waals surface area contributed by atoms with Gasteiger partial charge in [-0.25, -0.2) is 4.98 Å². The van der Waals surface area contributed by atoms with Crippen molar-refractivity contribution in [2.75, 3.05) is 0 Å². The first kappa shape index (κ1) is 14.7. The molecule has 0 aliphatic carbocycles. The lowest BCUT2D eigenvalue weighted by atomic mass is 10.1. The van der Waals surface area contributed by atoms with Crippen LogP contribution >= 0.6 is 0 Å². The molecule has 20 heavy (non-hydrogen) atoms. The fourth-order valence-corrected chi connectivity index (χ4v) is 2.12. The molecule has 0 bridgehead atoms. The predicted molar refractivity (Wildman–Crippen MR) is 77.5 cm³/mol. The molecule has 6 nitrogen and oxygen atoms in total. The normalized spacial score (nSPS) is 14.7. The highest BCUT2D eigenvalue weighted by Gasteiger charge is 2.13. The highest BCUT2D eigenvalue weighted by molar-refractivity contribution is 5.02. The summed E-state index contributed by atoms with van der Waals surface area (Å²) in [4.78, 5) is 6.15. The predicted octanol–water partition coefficient (Wildman–Crippen LogP) is 2.90. The van der Waals surface area contributed by atoms with Crippen LogP contribution in [0.1, 0.15) is 70.1 Å². The van der Waals surface area contributed by atoms with Crippen LogP contribution in [0.2, 0.25) is 0 Å². The van der Waals surface area contributed by atoms with E-state index in [2.05, 4.69) is 58.9 Å². The van der Waals surface area contributed by atoms with Gasteiger partial charge in [0.2, 0.25) is 0 Å². The Morgan fingerprint density at radius 3 is 2.35 bits per heavy atom. The zero-order valence-corrected chi connectivity index (χ0v) is 13.0. The first-order valence-corrected chi connectivity index (χ1v) is 7.27. The van der Waals surface area contributed by atoms with Gasteiger partial charge in [-0.05, 0) is 44.7 Å². The fourth-order valence-electron chi connectivity index (χ4n) is 2.12. The van der Waals surface area contributed by atoms with Crippen LogP contribution in [0.25, 0.3) is 0 Å². The maximum atomic E-state index is 4.45. The molecule has 0 saturated heterocycles. The van der Waals surface area contributed by atoms with Crippen LogP contribution in [0, 0.1) is 6.92 Å². The van der Waals surface area contributed by atoms with Gasteiger partial charge in [0.1, 0.15) is 0 Å². The molecule has 0 amide bonds. The molecule has 0 saturated carbocycles. The summed E-state index contributed by atoms with van der Waals surface area (Å²) in [7, 11) is 0. The summed E-state index contributed by atoms with van der Waals surface area (Å²) < 4.78 is 2.20. The topological polar surface area (TPSA) is 61.4 Å². The van der Waals surface area contributed by atoms with Crippen molar-refractivity contribution >= 4 is 0 Å². The SMILES string of the molecule is Cc1nnn(C(C)CCC(C)n2cnc(C(C)C)c2)n1. The summed E-state index contributed by atoms with van der Waals surface area (Å²) in [5.74, 6) is 1.20. The third kappa shape index (κ3) is 3.43. The van der Waals surface area contributed by atoms with Crippen molar-refractivity contribution in [3.8, 4) is 0 Å². The zero-order valence-electron chi connectivity index (χ0n) is 13.0. The minimum absolute atomic E-state index is 0.270. The van der Waals surface area contributed by atoms with E-state index >= 15 is 0 Å². The van der Waals surface area contributed by atoms with Crippen LogP contribution < -0.4 is 0 Å². The monoisotopic (exact) mass is 276 g/mol. The van der Waals surface area contributed by atoms with Crippen LogP contribution in [-0.4, -0.2) is 29.8 Å². The second kappa shape index (κ2) is 6.15. The Bertz CT molecular complexity index is 541. The van der Waals surface area contributed by atoms with Gasteiger partial charge in [-0.1, -0.05) is 13.8 Å². The maximum Gasteiger partial charge on any atom is 0.171 e. The summed E-state index contributed by atoms with van der Waals surface area (Å²) >= 11 is 0. The number of aromatic nitrogens is 6. The van der Waals surface area contributed by atoms with Crippen LogP contribution in [0.15, 0.2) is 12.5 Å². The molecule has 0 radical (unpaired) electrons. The van der Waals surface area contributed by atoms with E-state index < -0.39 is 0 Å². The van der Waals surface area contributed by atoms with Gasteiger partial charge in [0.25, 0.3) is 0 Å². The van der Waals surface area contributed by atoms with Crippen molar-refractivity contribution in [1.82, 2.24) is 29.8 Å². The van der Waals surface area contributed by atoms with Crippen molar-refractivity contribution in [3.05, 3.63) is 24.0 Å². The number of hydrogen-bond acceptors (Lipinski definition) is 4. The smallest absolute Gasteiger partial charge is 0.171 e. The van der Waals surface area contributed by atoms with Crippen LogP contribution in [0.5, 0.6) is 0 Å². The molecule has 0 aromatic carbocycles. The van der Waals surface area contributed by atoms with Gasteiger partial charge >= 0.3 is 0 Å². The van der Waals surface area contributed by atoms with E-state index in [-0.39, 0.29) is 6.04 Å². The molecular weight excluding hydrogens is 252 g/mol. The summed E-state index contributed by atoms with van der Waals surface area (Å²) in [6.45, 7) is 10.5. The van der Waals surface area contributed by atoms with Gasteiger partial charge in [-0.3, -0.25) is 0 Å². The summed E-state index contributed by atoms with van der Waals surface area (Å²) in [5.41, 5.74) is 1.15. The van der Waals surface area contributed by atoms with Gasteiger partial charge in [-0.15, -0.1) is 10.2 Å². The first-order valence-electron chi connectivity index (χ1n) is 7.27. The number of nitrogens with zero attached hydrogens (tertiary/aromatic N) is 6. The van der Waals surface area contributed by atoms with Gasteiger partial charge in [-0.2, -0.15) is 4.80 Å². The summed E-state index contributed by atoms with van der Waals surface area (Å²) in [6.07, 6.45) is 6.17. The second-order valence-electron chi connectivity index (χ2n) is 5.83. The Morgan fingerprint density at radius 1 is 1.10 bits per heavy atom. The van der Waals surface area contributed by atoms with E-state index in [1.165, 1.54) is 0 Å². The molecular formula is C14H24N6. The molecule has 2 aromatic rings.